The van der Waals surface area contributed by atoms with E-state index in [1.807, 2.05) is 9.80 Å². The Hall–Kier alpha value is -2.48. The largest absolute Gasteiger partial charge is 0.350 e. The van der Waals surface area contributed by atoms with Gasteiger partial charge in [0.1, 0.15) is 17.2 Å². The summed E-state index contributed by atoms with van der Waals surface area (Å²) in [6.45, 7) is 1.52. The molecule has 1 aliphatic heterocycles. The van der Waals surface area contributed by atoms with Gasteiger partial charge in [0.2, 0.25) is 0 Å². The highest BCUT2D eigenvalue weighted by molar-refractivity contribution is 6.30. The average Bonchev–Trinajstić information content (AvgIpc) is 3.24. The van der Waals surface area contributed by atoms with Crippen molar-refractivity contribution in [1.82, 2.24) is 15.2 Å². The number of benzene rings is 1. The van der Waals surface area contributed by atoms with Crippen LogP contribution in [0.25, 0.3) is 10.9 Å². The SMILES string of the molecule is Fc1cc(Cl)cnc1N1CCN(c2n[nH]c3c(F)ccc(F)c23)C2(CC2)C1. The molecular formula is C18H15ClF3N5. The van der Waals surface area contributed by atoms with E-state index in [0.717, 1.165) is 25.0 Å². The minimum absolute atomic E-state index is 0.0636. The Morgan fingerprint density at radius 2 is 1.81 bits per heavy atom. The van der Waals surface area contributed by atoms with Crippen molar-refractivity contribution in [2.75, 3.05) is 29.4 Å². The van der Waals surface area contributed by atoms with E-state index in [0.29, 0.717) is 25.5 Å². The predicted molar refractivity (Wildman–Crippen MR) is 96.7 cm³/mol. The van der Waals surface area contributed by atoms with E-state index in [2.05, 4.69) is 15.2 Å². The Morgan fingerprint density at radius 3 is 2.56 bits per heavy atom. The van der Waals surface area contributed by atoms with Crippen molar-refractivity contribution in [2.45, 2.75) is 18.4 Å². The number of nitrogens with zero attached hydrogens (tertiary/aromatic N) is 4. The summed E-state index contributed by atoms with van der Waals surface area (Å²) in [6.07, 6.45) is 3.15. The summed E-state index contributed by atoms with van der Waals surface area (Å²) < 4.78 is 42.6. The monoisotopic (exact) mass is 393 g/mol. The molecule has 0 atom stereocenters. The highest BCUT2D eigenvalue weighted by Gasteiger charge is 2.53. The number of anilines is 2. The highest BCUT2D eigenvalue weighted by atomic mass is 35.5. The minimum Gasteiger partial charge on any atom is -0.350 e. The molecule has 9 heteroatoms. The first-order chi connectivity index (χ1) is 13.0. The Labute approximate surface area is 157 Å². The molecule has 1 spiro atoms. The smallest absolute Gasteiger partial charge is 0.167 e. The average molecular weight is 394 g/mol. The molecule has 0 bridgehead atoms. The zero-order chi connectivity index (χ0) is 18.8. The van der Waals surface area contributed by atoms with Crippen LogP contribution in [0.2, 0.25) is 5.02 Å². The molecule has 2 fully saturated rings. The van der Waals surface area contributed by atoms with Gasteiger partial charge in [0.25, 0.3) is 0 Å². The van der Waals surface area contributed by atoms with Gasteiger partial charge in [-0.05, 0) is 31.0 Å². The van der Waals surface area contributed by atoms with Gasteiger partial charge in [-0.1, -0.05) is 11.6 Å². The van der Waals surface area contributed by atoms with Gasteiger partial charge in [-0.25, -0.2) is 18.2 Å². The number of nitrogens with one attached hydrogen (secondary N) is 1. The normalized spacial score (nSPS) is 18.5. The quantitative estimate of drug-likeness (QED) is 0.717. The lowest BCUT2D eigenvalue weighted by Gasteiger charge is -2.43. The first-order valence-electron chi connectivity index (χ1n) is 8.64. The molecule has 1 saturated carbocycles. The van der Waals surface area contributed by atoms with Gasteiger partial charge in [0.15, 0.2) is 17.5 Å². The van der Waals surface area contributed by atoms with Crippen LogP contribution in [0.3, 0.4) is 0 Å². The summed E-state index contributed by atoms with van der Waals surface area (Å²) in [5, 5.41) is 7.21. The molecule has 1 aliphatic carbocycles. The fourth-order valence-electron chi connectivity index (χ4n) is 3.94. The number of piperazine rings is 1. The highest BCUT2D eigenvalue weighted by Crippen LogP contribution is 2.48. The zero-order valence-corrected chi connectivity index (χ0v) is 14.9. The summed E-state index contributed by atoms with van der Waals surface area (Å²) in [7, 11) is 0. The standard InChI is InChI=1S/C18H15ClF3N5/c19-10-7-13(22)16(23-8-10)26-5-6-27(18(9-26)3-4-18)17-14-11(20)1-2-12(21)15(14)24-25-17/h1-2,7-8H,3-6,9H2,(H,24,25). The van der Waals surface area contributed by atoms with Crippen LogP contribution in [-0.2, 0) is 0 Å². The second kappa shape index (κ2) is 5.76. The Balaban J connectivity index is 1.50. The van der Waals surface area contributed by atoms with Crippen LogP contribution in [0, 0.1) is 17.5 Å². The third-order valence-electron chi connectivity index (χ3n) is 5.42. The summed E-state index contributed by atoms with van der Waals surface area (Å²) in [5.41, 5.74) is -0.221. The van der Waals surface area contributed by atoms with E-state index in [9.17, 15) is 13.2 Å². The number of rotatable bonds is 2. The third-order valence-corrected chi connectivity index (χ3v) is 5.63. The Kier molecular flexibility index (Phi) is 3.56. The molecule has 2 aromatic heterocycles. The van der Waals surface area contributed by atoms with Gasteiger partial charge in [0.05, 0.1) is 15.9 Å². The van der Waals surface area contributed by atoms with Crippen LogP contribution in [0.15, 0.2) is 24.4 Å². The Morgan fingerprint density at radius 1 is 1.04 bits per heavy atom. The van der Waals surface area contributed by atoms with Crippen molar-refractivity contribution in [3.63, 3.8) is 0 Å². The number of hydrogen-bond acceptors (Lipinski definition) is 4. The maximum atomic E-state index is 14.4. The van der Waals surface area contributed by atoms with Gasteiger partial charge in [-0.15, -0.1) is 0 Å². The molecule has 1 N–H and O–H groups in total. The number of fused-ring (bicyclic) bond motifs is 1. The first kappa shape index (κ1) is 16.7. The van der Waals surface area contributed by atoms with E-state index >= 15 is 0 Å². The van der Waals surface area contributed by atoms with Crippen molar-refractivity contribution in [3.05, 3.63) is 46.9 Å². The van der Waals surface area contributed by atoms with Crippen LogP contribution < -0.4 is 9.80 Å². The molecule has 3 aromatic rings. The van der Waals surface area contributed by atoms with Crippen molar-refractivity contribution >= 4 is 34.1 Å². The Bertz CT molecular complexity index is 1050. The lowest BCUT2D eigenvalue weighted by Crippen LogP contribution is -2.56. The van der Waals surface area contributed by atoms with Crippen LogP contribution in [0.1, 0.15) is 12.8 Å². The van der Waals surface area contributed by atoms with Gasteiger partial charge in [-0.3, -0.25) is 5.10 Å². The van der Waals surface area contributed by atoms with Crippen LogP contribution >= 0.6 is 11.6 Å². The molecule has 1 aromatic carbocycles. The van der Waals surface area contributed by atoms with Gasteiger partial charge >= 0.3 is 0 Å². The molecule has 0 amide bonds. The predicted octanol–water partition coefficient (Wildman–Crippen LogP) is 3.89. The van der Waals surface area contributed by atoms with Gasteiger partial charge in [-0.2, -0.15) is 5.10 Å². The summed E-state index contributed by atoms with van der Waals surface area (Å²) in [6, 6.07) is 3.44. The fraction of sp³-hybridized carbons (Fsp3) is 0.333. The first-order valence-corrected chi connectivity index (χ1v) is 9.02. The molecule has 5 nitrogen and oxygen atoms in total. The van der Waals surface area contributed by atoms with Crippen molar-refractivity contribution in [1.29, 1.82) is 0 Å². The summed E-state index contributed by atoms with van der Waals surface area (Å²) >= 11 is 5.79. The van der Waals surface area contributed by atoms with Crippen LogP contribution in [-0.4, -0.2) is 40.4 Å². The number of aromatic nitrogens is 3. The van der Waals surface area contributed by atoms with E-state index in [4.69, 9.17) is 11.6 Å². The van der Waals surface area contributed by atoms with Crippen molar-refractivity contribution in [3.8, 4) is 0 Å². The lowest BCUT2D eigenvalue weighted by atomic mass is 10.1. The lowest BCUT2D eigenvalue weighted by molar-refractivity contribution is 0.493. The third kappa shape index (κ3) is 2.54. The molecular weight excluding hydrogens is 379 g/mol. The van der Waals surface area contributed by atoms with Crippen LogP contribution in [0.5, 0.6) is 0 Å². The zero-order valence-electron chi connectivity index (χ0n) is 14.1. The van der Waals surface area contributed by atoms with E-state index in [1.54, 1.807) is 0 Å². The fourth-order valence-corrected chi connectivity index (χ4v) is 4.09. The van der Waals surface area contributed by atoms with Gasteiger partial charge in [0, 0.05) is 25.8 Å². The van der Waals surface area contributed by atoms with E-state index in [-0.39, 0.29) is 27.3 Å². The summed E-state index contributed by atoms with van der Waals surface area (Å²) in [5.74, 6) is -0.858. The minimum atomic E-state index is -0.541. The molecule has 0 radical (unpaired) electrons. The van der Waals surface area contributed by atoms with Crippen LogP contribution in [0.4, 0.5) is 24.8 Å². The molecule has 5 rings (SSSR count). The van der Waals surface area contributed by atoms with E-state index in [1.165, 1.54) is 12.3 Å². The maximum absolute atomic E-state index is 14.4. The second-order valence-corrected chi connectivity index (χ2v) is 7.52. The molecule has 3 heterocycles. The number of hydrogen-bond donors (Lipinski definition) is 1. The number of H-pyrrole nitrogens is 1. The maximum Gasteiger partial charge on any atom is 0.167 e. The topological polar surface area (TPSA) is 48.1 Å². The van der Waals surface area contributed by atoms with Crippen molar-refractivity contribution in [2.24, 2.45) is 0 Å². The number of aromatic amines is 1. The number of halogens is 4. The summed E-state index contributed by atoms with van der Waals surface area (Å²) in [4.78, 5) is 8.02. The molecule has 27 heavy (non-hydrogen) atoms. The molecule has 0 unspecified atom stereocenters. The molecule has 140 valence electrons. The molecule has 1 saturated heterocycles. The molecule has 2 aliphatic rings. The second-order valence-electron chi connectivity index (χ2n) is 7.08. The number of pyridine rings is 1. The van der Waals surface area contributed by atoms with Crippen molar-refractivity contribution < 1.29 is 13.2 Å². The van der Waals surface area contributed by atoms with E-state index < -0.39 is 17.5 Å². The van der Waals surface area contributed by atoms with Gasteiger partial charge < -0.3 is 9.80 Å².